The molecule has 0 saturated heterocycles. The van der Waals surface area contributed by atoms with Gasteiger partial charge in [-0.15, -0.1) is 0 Å². The Kier molecular flexibility index (Phi) is 14.9. The molecule has 2 aromatic carbocycles. The molecular weight excluding hydrogens is 668 g/mol. The van der Waals surface area contributed by atoms with E-state index in [4.69, 9.17) is 9.72 Å². The number of nitrogens with one attached hydrogen (secondary N) is 3. The smallest absolute Gasteiger partial charge is 0.407 e. The fourth-order valence-electron chi connectivity index (χ4n) is 5.89. The Morgan fingerprint density at radius 3 is 2.06 bits per heavy atom. The highest BCUT2D eigenvalue weighted by atomic mass is 16.5. The van der Waals surface area contributed by atoms with E-state index < -0.39 is 42.3 Å². The van der Waals surface area contributed by atoms with Gasteiger partial charge >= 0.3 is 12.1 Å². The molecular formula is C42H54N6O5. The van der Waals surface area contributed by atoms with Crippen LogP contribution in [0.1, 0.15) is 69.1 Å². The zero-order valence-electron chi connectivity index (χ0n) is 31.7. The van der Waals surface area contributed by atoms with Crippen LogP contribution in [0.3, 0.4) is 0 Å². The molecule has 282 valence electrons. The van der Waals surface area contributed by atoms with Crippen molar-refractivity contribution in [3.8, 4) is 0 Å². The van der Waals surface area contributed by atoms with E-state index in [9.17, 15) is 19.5 Å². The Morgan fingerprint density at radius 1 is 0.811 bits per heavy atom. The molecule has 4 N–H and O–H groups in total. The minimum Gasteiger partial charge on any atom is -0.445 e. The van der Waals surface area contributed by atoms with E-state index in [1.54, 1.807) is 25.5 Å². The highest BCUT2D eigenvalue weighted by molar-refractivity contribution is 5.87. The lowest BCUT2D eigenvalue weighted by Gasteiger charge is -2.31. The van der Waals surface area contributed by atoms with E-state index >= 15 is 0 Å². The SMILES string of the molecule is CC(C)C(NC(=O)N(C)Cc1cccc(C(C)(C)C)n1)C(=O)N[C@@H](Cc1ccccc1)[C@@H](O)C[C@H](Cc1ccccc1)NC(=O)OCc1cccnc1. The van der Waals surface area contributed by atoms with Crippen LogP contribution in [0.25, 0.3) is 0 Å². The van der Waals surface area contributed by atoms with Gasteiger partial charge in [-0.2, -0.15) is 0 Å². The van der Waals surface area contributed by atoms with Crippen molar-refractivity contribution < 1.29 is 24.2 Å². The number of carbonyl (C=O) groups excluding carboxylic acids is 3. The molecule has 11 nitrogen and oxygen atoms in total. The highest BCUT2D eigenvalue weighted by Crippen LogP contribution is 2.20. The first-order valence-electron chi connectivity index (χ1n) is 18.1. The zero-order chi connectivity index (χ0) is 38.4. The highest BCUT2D eigenvalue weighted by Gasteiger charge is 2.31. The quantitative estimate of drug-likeness (QED) is 0.112. The maximum absolute atomic E-state index is 14.0. The predicted octanol–water partition coefficient (Wildman–Crippen LogP) is 5.96. The number of amides is 4. The number of urea groups is 1. The van der Waals surface area contributed by atoms with Gasteiger partial charge in [0.1, 0.15) is 12.6 Å². The Balaban J connectivity index is 1.48. The summed E-state index contributed by atoms with van der Waals surface area (Å²) in [6.07, 6.45) is 2.45. The summed E-state index contributed by atoms with van der Waals surface area (Å²) < 4.78 is 5.48. The maximum atomic E-state index is 14.0. The van der Waals surface area contributed by atoms with Gasteiger partial charge < -0.3 is 30.7 Å². The third kappa shape index (κ3) is 13.3. The zero-order valence-corrected chi connectivity index (χ0v) is 31.7. The van der Waals surface area contributed by atoms with E-state index in [0.717, 1.165) is 28.1 Å². The number of hydrogen-bond acceptors (Lipinski definition) is 7. The lowest BCUT2D eigenvalue weighted by atomic mass is 9.91. The minimum absolute atomic E-state index is 0.0459. The van der Waals surface area contributed by atoms with Crippen LogP contribution >= 0.6 is 0 Å². The van der Waals surface area contributed by atoms with Crippen molar-refractivity contribution in [1.82, 2.24) is 30.8 Å². The van der Waals surface area contributed by atoms with Gasteiger partial charge in [-0.1, -0.05) is 107 Å². The molecule has 2 heterocycles. The summed E-state index contributed by atoms with van der Waals surface area (Å²) in [4.78, 5) is 50.7. The number of alkyl carbamates (subject to hydrolysis) is 1. The number of nitrogens with zero attached hydrogens (tertiary/aromatic N) is 3. The molecule has 4 amide bonds. The van der Waals surface area contributed by atoms with Crippen LogP contribution in [0, 0.1) is 5.92 Å². The molecule has 0 aliphatic heterocycles. The normalized spacial score (nSPS) is 13.7. The van der Waals surface area contributed by atoms with Crippen molar-refractivity contribution in [2.75, 3.05) is 7.05 Å². The summed E-state index contributed by atoms with van der Waals surface area (Å²) in [5.74, 6) is -0.677. The minimum atomic E-state index is -1.07. The number of pyridine rings is 2. The first-order valence-corrected chi connectivity index (χ1v) is 18.1. The van der Waals surface area contributed by atoms with Crippen LogP contribution in [0.4, 0.5) is 9.59 Å². The van der Waals surface area contributed by atoms with Crippen LogP contribution in [0.15, 0.2) is 103 Å². The second-order valence-electron chi connectivity index (χ2n) is 14.9. The third-order valence-electron chi connectivity index (χ3n) is 8.91. The van der Waals surface area contributed by atoms with E-state index in [2.05, 4.69) is 41.7 Å². The molecule has 0 saturated carbocycles. The molecule has 4 rings (SSSR count). The van der Waals surface area contributed by atoms with Gasteiger partial charge in [0.2, 0.25) is 5.91 Å². The molecule has 0 aliphatic rings. The van der Waals surface area contributed by atoms with E-state index in [-0.39, 0.29) is 30.9 Å². The first kappa shape index (κ1) is 40.5. The van der Waals surface area contributed by atoms with Crippen LogP contribution in [-0.4, -0.2) is 69.3 Å². The molecule has 53 heavy (non-hydrogen) atoms. The third-order valence-corrected chi connectivity index (χ3v) is 8.91. The van der Waals surface area contributed by atoms with E-state index in [1.807, 2.05) is 98.8 Å². The number of aliphatic hydroxyl groups is 1. The van der Waals surface area contributed by atoms with Crippen LogP contribution < -0.4 is 16.0 Å². The molecule has 4 aromatic rings. The molecule has 0 radical (unpaired) electrons. The summed E-state index contributed by atoms with van der Waals surface area (Å²) in [7, 11) is 1.67. The molecule has 0 bridgehead atoms. The monoisotopic (exact) mass is 722 g/mol. The second kappa shape index (κ2) is 19.5. The fourth-order valence-corrected chi connectivity index (χ4v) is 5.89. The molecule has 2 aromatic heterocycles. The van der Waals surface area contributed by atoms with Crippen molar-refractivity contribution in [2.24, 2.45) is 5.92 Å². The standard InChI is InChI=1S/C42H54N6O5/c1-29(2)38(47-40(51)48(6)27-33-20-13-21-37(44-33)42(3,4)5)39(50)46-35(24-31-17-11-8-12-18-31)36(49)25-34(23-30-15-9-7-10-16-30)45-41(52)53-28-32-19-14-22-43-26-32/h7-22,26,29,34-36,38,49H,23-25,27-28H2,1-6H3,(H,45,52)(H,46,50)(H,47,51)/t34-,35-,36-,38?/m0/s1. The lowest BCUT2D eigenvalue weighted by molar-refractivity contribution is -0.125. The summed E-state index contributed by atoms with van der Waals surface area (Å²) >= 11 is 0. The van der Waals surface area contributed by atoms with Crippen LogP contribution in [-0.2, 0) is 40.9 Å². The largest absolute Gasteiger partial charge is 0.445 e. The van der Waals surface area contributed by atoms with Crippen molar-refractivity contribution in [2.45, 2.75) is 96.7 Å². The number of benzene rings is 2. The maximum Gasteiger partial charge on any atom is 0.407 e. The van der Waals surface area contributed by atoms with Crippen LogP contribution in [0.2, 0.25) is 0 Å². The average Bonchev–Trinajstić information content (AvgIpc) is 3.13. The van der Waals surface area contributed by atoms with Gasteiger partial charge in [0.15, 0.2) is 0 Å². The van der Waals surface area contributed by atoms with Gasteiger partial charge in [0, 0.05) is 42.2 Å². The predicted molar refractivity (Wildman–Crippen MR) is 206 cm³/mol. The fraction of sp³-hybridized carbons (Fsp3) is 0.405. The summed E-state index contributed by atoms with van der Waals surface area (Å²) in [5.41, 5.74) is 4.15. The van der Waals surface area contributed by atoms with Crippen molar-refractivity contribution in [3.05, 3.63) is 131 Å². The molecule has 0 spiro atoms. The number of aliphatic hydroxyl groups excluding tert-OH is 1. The Hall–Kier alpha value is -5.29. The molecule has 1 unspecified atom stereocenters. The van der Waals surface area contributed by atoms with E-state index in [0.29, 0.717) is 12.8 Å². The van der Waals surface area contributed by atoms with Gasteiger partial charge in [-0.05, 0) is 54.5 Å². The van der Waals surface area contributed by atoms with Gasteiger partial charge in [-0.25, -0.2) is 9.59 Å². The average molecular weight is 723 g/mol. The van der Waals surface area contributed by atoms with Gasteiger partial charge in [0.25, 0.3) is 0 Å². The van der Waals surface area contributed by atoms with Crippen LogP contribution in [0.5, 0.6) is 0 Å². The molecule has 0 aliphatic carbocycles. The molecule has 4 atom stereocenters. The molecule has 11 heteroatoms. The number of ether oxygens (including phenoxy) is 1. The van der Waals surface area contributed by atoms with Crippen molar-refractivity contribution >= 4 is 18.0 Å². The second-order valence-corrected chi connectivity index (χ2v) is 14.9. The Bertz CT molecular complexity index is 1730. The number of hydrogen-bond donors (Lipinski definition) is 4. The van der Waals surface area contributed by atoms with Crippen molar-refractivity contribution in [3.63, 3.8) is 0 Å². The topological polar surface area (TPSA) is 146 Å². The Labute approximate surface area is 313 Å². The Morgan fingerprint density at radius 2 is 1.45 bits per heavy atom. The summed E-state index contributed by atoms with van der Waals surface area (Å²) in [6.45, 7) is 10.3. The number of carbonyl (C=O) groups is 3. The van der Waals surface area contributed by atoms with Crippen molar-refractivity contribution in [1.29, 1.82) is 0 Å². The molecule has 0 fully saturated rings. The summed E-state index contributed by atoms with van der Waals surface area (Å²) in [6, 6.07) is 26.0. The van der Waals surface area contributed by atoms with Gasteiger partial charge in [-0.3, -0.25) is 14.8 Å². The number of aromatic nitrogens is 2. The first-order chi connectivity index (χ1) is 25.3. The van der Waals surface area contributed by atoms with Gasteiger partial charge in [0.05, 0.1) is 24.4 Å². The summed E-state index contributed by atoms with van der Waals surface area (Å²) in [5, 5.41) is 20.7. The lowest BCUT2D eigenvalue weighted by Crippen LogP contribution is -2.57. The number of rotatable bonds is 16. The van der Waals surface area contributed by atoms with E-state index in [1.165, 1.54) is 4.90 Å².